The van der Waals surface area contributed by atoms with E-state index in [2.05, 4.69) is 55.9 Å². The van der Waals surface area contributed by atoms with Crippen molar-refractivity contribution in [2.45, 2.75) is 38.6 Å². The SMILES string of the molecule is Cc1cccn2c(CC3CCCCN3)nc(Br)c12. The predicted octanol–water partition coefficient (Wildman–Crippen LogP) is 3.09. The minimum absolute atomic E-state index is 0.580. The summed E-state index contributed by atoms with van der Waals surface area (Å²) in [5.41, 5.74) is 2.46. The number of piperidine rings is 1. The Labute approximate surface area is 116 Å². The number of fused-ring (bicyclic) bond motifs is 1. The highest BCUT2D eigenvalue weighted by atomic mass is 79.9. The summed E-state index contributed by atoms with van der Waals surface area (Å²) in [7, 11) is 0. The third kappa shape index (κ3) is 2.19. The van der Waals surface area contributed by atoms with Crippen LogP contribution in [0.4, 0.5) is 0 Å². The monoisotopic (exact) mass is 307 g/mol. The Hall–Kier alpha value is -0.870. The van der Waals surface area contributed by atoms with Gasteiger partial charge in [0.15, 0.2) is 0 Å². The molecular formula is C14H18BrN3. The highest BCUT2D eigenvalue weighted by Crippen LogP contribution is 2.23. The van der Waals surface area contributed by atoms with Crippen LogP contribution >= 0.6 is 15.9 Å². The minimum atomic E-state index is 0.580. The Balaban J connectivity index is 1.94. The molecule has 0 amide bonds. The van der Waals surface area contributed by atoms with Crippen LogP contribution in [0, 0.1) is 6.92 Å². The van der Waals surface area contributed by atoms with Gasteiger partial charge in [-0.05, 0) is 53.9 Å². The normalized spacial score (nSPS) is 20.4. The van der Waals surface area contributed by atoms with Crippen molar-refractivity contribution < 1.29 is 0 Å². The summed E-state index contributed by atoms with van der Waals surface area (Å²) in [6.07, 6.45) is 7.02. The molecule has 3 rings (SSSR count). The number of imidazole rings is 1. The molecule has 4 heteroatoms. The van der Waals surface area contributed by atoms with E-state index in [1.165, 1.54) is 30.3 Å². The van der Waals surface area contributed by atoms with Crippen molar-refractivity contribution in [3.63, 3.8) is 0 Å². The van der Waals surface area contributed by atoms with Gasteiger partial charge < -0.3 is 9.72 Å². The molecule has 0 spiro atoms. The molecule has 2 aromatic rings. The first-order chi connectivity index (χ1) is 8.75. The van der Waals surface area contributed by atoms with Gasteiger partial charge in [0.1, 0.15) is 10.4 Å². The van der Waals surface area contributed by atoms with E-state index >= 15 is 0 Å². The Morgan fingerprint density at radius 1 is 1.50 bits per heavy atom. The average Bonchev–Trinajstić information content (AvgIpc) is 2.69. The van der Waals surface area contributed by atoms with Crippen LogP contribution in [0.2, 0.25) is 0 Å². The van der Waals surface area contributed by atoms with E-state index in [4.69, 9.17) is 0 Å². The first kappa shape index (κ1) is 12.2. The van der Waals surface area contributed by atoms with Crippen molar-refractivity contribution in [3.05, 3.63) is 34.3 Å². The van der Waals surface area contributed by atoms with E-state index < -0.39 is 0 Å². The van der Waals surface area contributed by atoms with E-state index in [9.17, 15) is 0 Å². The predicted molar refractivity (Wildman–Crippen MR) is 77.0 cm³/mol. The second-order valence-corrected chi connectivity index (χ2v) is 5.83. The Morgan fingerprint density at radius 2 is 2.39 bits per heavy atom. The van der Waals surface area contributed by atoms with Gasteiger partial charge in [-0.1, -0.05) is 12.5 Å². The number of hydrogen-bond acceptors (Lipinski definition) is 2. The average molecular weight is 308 g/mol. The van der Waals surface area contributed by atoms with Crippen LogP contribution in [0.1, 0.15) is 30.7 Å². The van der Waals surface area contributed by atoms with E-state index in [0.717, 1.165) is 23.4 Å². The van der Waals surface area contributed by atoms with Gasteiger partial charge in [-0.3, -0.25) is 0 Å². The zero-order chi connectivity index (χ0) is 12.5. The molecule has 1 N–H and O–H groups in total. The fourth-order valence-corrected chi connectivity index (χ4v) is 3.49. The molecule has 0 saturated carbocycles. The molecule has 0 aromatic carbocycles. The molecule has 18 heavy (non-hydrogen) atoms. The summed E-state index contributed by atoms with van der Waals surface area (Å²) in [6, 6.07) is 4.80. The van der Waals surface area contributed by atoms with Gasteiger partial charge in [-0.15, -0.1) is 0 Å². The Bertz CT molecular complexity index is 555. The minimum Gasteiger partial charge on any atom is -0.314 e. The van der Waals surface area contributed by atoms with Gasteiger partial charge in [0.2, 0.25) is 0 Å². The first-order valence-electron chi connectivity index (χ1n) is 6.61. The van der Waals surface area contributed by atoms with Crippen molar-refractivity contribution in [1.82, 2.24) is 14.7 Å². The molecule has 1 atom stereocenters. The van der Waals surface area contributed by atoms with Gasteiger partial charge in [-0.25, -0.2) is 4.98 Å². The lowest BCUT2D eigenvalue weighted by molar-refractivity contribution is 0.394. The fraction of sp³-hybridized carbons (Fsp3) is 0.500. The van der Waals surface area contributed by atoms with Gasteiger partial charge in [0.05, 0.1) is 5.52 Å². The summed E-state index contributed by atoms with van der Waals surface area (Å²) in [4.78, 5) is 4.68. The maximum atomic E-state index is 4.68. The largest absolute Gasteiger partial charge is 0.314 e. The molecule has 1 fully saturated rings. The van der Waals surface area contributed by atoms with Gasteiger partial charge in [0, 0.05) is 18.7 Å². The first-order valence-corrected chi connectivity index (χ1v) is 7.40. The lowest BCUT2D eigenvalue weighted by atomic mass is 10.0. The van der Waals surface area contributed by atoms with Crippen LogP contribution in [-0.4, -0.2) is 22.0 Å². The molecule has 1 unspecified atom stereocenters. The second-order valence-electron chi connectivity index (χ2n) is 5.08. The zero-order valence-electron chi connectivity index (χ0n) is 10.6. The summed E-state index contributed by atoms with van der Waals surface area (Å²) in [6.45, 7) is 3.28. The van der Waals surface area contributed by atoms with Gasteiger partial charge in [0.25, 0.3) is 0 Å². The van der Waals surface area contributed by atoms with E-state index in [0.29, 0.717) is 6.04 Å². The molecule has 0 aliphatic carbocycles. The molecular weight excluding hydrogens is 290 g/mol. The molecule has 2 aromatic heterocycles. The number of aromatic nitrogens is 2. The lowest BCUT2D eigenvalue weighted by Gasteiger charge is -2.22. The quantitative estimate of drug-likeness (QED) is 0.924. The summed E-state index contributed by atoms with van der Waals surface area (Å²) in [5.74, 6) is 1.15. The van der Waals surface area contributed by atoms with Gasteiger partial charge in [-0.2, -0.15) is 0 Å². The number of nitrogens with one attached hydrogen (secondary N) is 1. The Morgan fingerprint density at radius 3 is 3.17 bits per heavy atom. The van der Waals surface area contributed by atoms with E-state index in [1.54, 1.807) is 0 Å². The molecule has 3 nitrogen and oxygen atoms in total. The maximum Gasteiger partial charge on any atom is 0.132 e. The van der Waals surface area contributed by atoms with Crippen LogP contribution in [-0.2, 0) is 6.42 Å². The molecule has 0 radical (unpaired) electrons. The number of nitrogens with zero attached hydrogens (tertiary/aromatic N) is 2. The third-order valence-electron chi connectivity index (χ3n) is 3.74. The molecule has 1 saturated heterocycles. The van der Waals surface area contributed by atoms with Crippen molar-refractivity contribution in [2.75, 3.05) is 6.54 Å². The van der Waals surface area contributed by atoms with Crippen molar-refractivity contribution >= 4 is 21.4 Å². The number of rotatable bonds is 2. The van der Waals surface area contributed by atoms with Crippen LogP contribution < -0.4 is 5.32 Å². The number of pyridine rings is 1. The number of hydrogen-bond donors (Lipinski definition) is 1. The Kier molecular flexibility index (Phi) is 3.39. The highest BCUT2D eigenvalue weighted by Gasteiger charge is 2.17. The van der Waals surface area contributed by atoms with E-state index in [-0.39, 0.29) is 0 Å². The summed E-state index contributed by atoms with van der Waals surface area (Å²) >= 11 is 3.58. The van der Waals surface area contributed by atoms with Crippen molar-refractivity contribution in [2.24, 2.45) is 0 Å². The lowest BCUT2D eigenvalue weighted by Crippen LogP contribution is -2.36. The molecule has 3 heterocycles. The maximum absolute atomic E-state index is 4.68. The molecule has 0 bridgehead atoms. The fourth-order valence-electron chi connectivity index (χ4n) is 2.78. The second kappa shape index (κ2) is 5.02. The van der Waals surface area contributed by atoms with Crippen LogP contribution in [0.5, 0.6) is 0 Å². The molecule has 1 aliphatic rings. The van der Waals surface area contributed by atoms with E-state index in [1.807, 2.05) is 0 Å². The summed E-state index contributed by atoms with van der Waals surface area (Å²) < 4.78 is 3.18. The smallest absolute Gasteiger partial charge is 0.132 e. The highest BCUT2D eigenvalue weighted by molar-refractivity contribution is 9.10. The number of aryl methyl sites for hydroxylation is 1. The summed E-state index contributed by atoms with van der Waals surface area (Å²) in [5, 5.41) is 3.59. The molecule has 1 aliphatic heterocycles. The van der Waals surface area contributed by atoms with Crippen LogP contribution in [0.15, 0.2) is 22.9 Å². The third-order valence-corrected chi connectivity index (χ3v) is 4.29. The van der Waals surface area contributed by atoms with Crippen molar-refractivity contribution in [3.8, 4) is 0 Å². The zero-order valence-corrected chi connectivity index (χ0v) is 12.2. The molecule has 96 valence electrons. The standard InChI is InChI=1S/C14H18BrN3/c1-10-5-4-8-18-12(17-14(15)13(10)18)9-11-6-2-3-7-16-11/h4-5,8,11,16H,2-3,6-7,9H2,1H3. The van der Waals surface area contributed by atoms with Gasteiger partial charge >= 0.3 is 0 Å². The van der Waals surface area contributed by atoms with Crippen molar-refractivity contribution in [1.29, 1.82) is 0 Å². The topological polar surface area (TPSA) is 29.3 Å². The number of halogens is 1. The van der Waals surface area contributed by atoms with Crippen LogP contribution in [0.25, 0.3) is 5.52 Å². The van der Waals surface area contributed by atoms with Crippen LogP contribution in [0.3, 0.4) is 0 Å².